The maximum Gasteiger partial charge on any atom is 0.355 e. The van der Waals surface area contributed by atoms with Crippen LogP contribution in [0.2, 0.25) is 0 Å². The van der Waals surface area contributed by atoms with Crippen molar-refractivity contribution in [3.05, 3.63) is 96.2 Å². The van der Waals surface area contributed by atoms with Crippen molar-refractivity contribution in [1.82, 2.24) is 4.90 Å². The van der Waals surface area contributed by atoms with E-state index >= 15 is 0 Å². The fraction of sp³-hybridized carbons (Fsp3) is 0.294. The zero-order valence-electron chi connectivity index (χ0n) is 24.7. The lowest BCUT2D eigenvalue weighted by Crippen LogP contribution is -2.63. The van der Waals surface area contributed by atoms with Gasteiger partial charge in [-0.05, 0) is 28.3 Å². The number of benzene rings is 2. The monoisotopic (exact) mass is 599 g/mol. The third-order valence-corrected chi connectivity index (χ3v) is 8.21. The minimum Gasteiger partial charge on any atom is -0.488 e. The van der Waals surface area contributed by atoms with Gasteiger partial charge in [-0.15, -0.1) is 6.58 Å². The van der Waals surface area contributed by atoms with Crippen molar-refractivity contribution >= 4 is 29.4 Å². The number of hydrogen-bond acceptors (Lipinski definition) is 9. The number of esters is 2. The SMILES string of the molecule is C=CCOOC(=O)C(C)C1C(=O)N2C(C(=O)OCC=C)=C(COc3cccc4c3-c3ccccc3/C4=C\C(=O)OC)C(C)C12. The average Bonchev–Trinajstić information content (AvgIpc) is 3.48. The van der Waals surface area contributed by atoms with Crippen LogP contribution >= 0.6 is 0 Å². The van der Waals surface area contributed by atoms with Crippen LogP contribution in [0, 0.1) is 17.8 Å². The Hall–Kier alpha value is -4.96. The Morgan fingerprint density at radius 3 is 2.41 bits per heavy atom. The van der Waals surface area contributed by atoms with E-state index in [-0.39, 0.29) is 37.3 Å². The van der Waals surface area contributed by atoms with Crippen LogP contribution in [0.15, 0.2) is 85.1 Å². The first kappa shape index (κ1) is 30.5. The number of carbonyl (C=O) groups is 4. The molecule has 2 aliphatic heterocycles. The molecule has 1 amide bonds. The van der Waals surface area contributed by atoms with Crippen LogP contribution < -0.4 is 4.74 Å². The second-order valence-corrected chi connectivity index (χ2v) is 10.6. The Kier molecular flexibility index (Phi) is 8.82. The smallest absolute Gasteiger partial charge is 0.355 e. The molecule has 1 aliphatic carbocycles. The Morgan fingerprint density at radius 1 is 1.00 bits per heavy atom. The van der Waals surface area contributed by atoms with Crippen molar-refractivity contribution in [2.24, 2.45) is 17.8 Å². The summed E-state index contributed by atoms with van der Waals surface area (Å²) in [5.74, 6) is -3.59. The number of hydrogen-bond donors (Lipinski definition) is 0. The molecule has 0 radical (unpaired) electrons. The Bertz CT molecular complexity index is 1600. The van der Waals surface area contributed by atoms with Gasteiger partial charge in [-0.3, -0.25) is 9.68 Å². The van der Waals surface area contributed by atoms with Gasteiger partial charge < -0.3 is 19.1 Å². The van der Waals surface area contributed by atoms with E-state index in [1.807, 2.05) is 49.4 Å². The van der Waals surface area contributed by atoms with E-state index in [9.17, 15) is 19.2 Å². The second kappa shape index (κ2) is 12.7. The first-order valence-corrected chi connectivity index (χ1v) is 14.2. The molecular formula is C34H33NO9. The van der Waals surface area contributed by atoms with Gasteiger partial charge in [-0.25, -0.2) is 14.4 Å². The summed E-state index contributed by atoms with van der Waals surface area (Å²) in [6.07, 6.45) is 4.33. The van der Waals surface area contributed by atoms with E-state index in [1.54, 1.807) is 6.92 Å². The predicted octanol–water partition coefficient (Wildman–Crippen LogP) is 4.41. The van der Waals surface area contributed by atoms with Crippen LogP contribution in [0.3, 0.4) is 0 Å². The predicted molar refractivity (Wildman–Crippen MR) is 159 cm³/mol. The second-order valence-electron chi connectivity index (χ2n) is 10.6. The van der Waals surface area contributed by atoms with Crippen LogP contribution in [-0.4, -0.2) is 61.7 Å². The van der Waals surface area contributed by atoms with Gasteiger partial charge in [-0.2, -0.15) is 4.89 Å². The third-order valence-electron chi connectivity index (χ3n) is 8.21. The van der Waals surface area contributed by atoms with Crippen LogP contribution in [-0.2, 0) is 38.4 Å². The largest absolute Gasteiger partial charge is 0.488 e. The molecule has 4 unspecified atom stereocenters. The summed E-state index contributed by atoms with van der Waals surface area (Å²) in [6.45, 7) is 10.5. The van der Waals surface area contributed by atoms with E-state index in [4.69, 9.17) is 24.0 Å². The molecule has 0 aromatic heterocycles. The molecule has 2 heterocycles. The number of rotatable bonds is 12. The fourth-order valence-electron chi connectivity index (χ4n) is 6.13. The number of methoxy groups -OCH3 is 1. The topological polar surface area (TPSA) is 118 Å². The highest BCUT2D eigenvalue weighted by Gasteiger charge is 2.61. The molecule has 0 N–H and O–H groups in total. The van der Waals surface area contributed by atoms with Gasteiger partial charge in [0.25, 0.3) is 0 Å². The van der Waals surface area contributed by atoms with Gasteiger partial charge >= 0.3 is 17.9 Å². The summed E-state index contributed by atoms with van der Waals surface area (Å²) < 4.78 is 16.7. The number of β-lactam (4-membered cyclic amide) rings is 1. The Balaban J connectivity index is 1.46. The summed E-state index contributed by atoms with van der Waals surface area (Å²) in [4.78, 5) is 62.6. The summed E-state index contributed by atoms with van der Waals surface area (Å²) >= 11 is 0. The zero-order valence-corrected chi connectivity index (χ0v) is 24.7. The maximum atomic E-state index is 13.4. The molecule has 228 valence electrons. The van der Waals surface area contributed by atoms with Crippen LogP contribution in [0.4, 0.5) is 0 Å². The highest BCUT2D eigenvalue weighted by molar-refractivity contribution is 6.08. The minimum absolute atomic E-state index is 0.0129. The number of ether oxygens (including phenoxy) is 3. The first-order valence-electron chi connectivity index (χ1n) is 14.2. The highest BCUT2D eigenvalue weighted by atomic mass is 17.2. The van der Waals surface area contributed by atoms with Crippen LogP contribution in [0.1, 0.15) is 25.0 Å². The van der Waals surface area contributed by atoms with E-state index < -0.39 is 35.8 Å². The molecular weight excluding hydrogens is 566 g/mol. The number of carbonyl (C=O) groups excluding carboxylic acids is 4. The van der Waals surface area contributed by atoms with Gasteiger partial charge in [0, 0.05) is 23.1 Å². The Labute approximate surface area is 255 Å². The molecule has 4 atom stereocenters. The molecule has 44 heavy (non-hydrogen) atoms. The molecule has 5 rings (SSSR count). The number of nitrogens with zero attached hydrogens (tertiary/aromatic N) is 1. The third kappa shape index (κ3) is 5.22. The summed E-state index contributed by atoms with van der Waals surface area (Å²) in [5.41, 5.74) is 4.74. The van der Waals surface area contributed by atoms with Gasteiger partial charge in [0.05, 0.1) is 25.0 Å². The van der Waals surface area contributed by atoms with Gasteiger partial charge in [0.1, 0.15) is 31.3 Å². The van der Waals surface area contributed by atoms with Gasteiger partial charge in [0.15, 0.2) is 0 Å². The molecule has 2 aromatic carbocycles. The van der Waals surface area contributed by atoms with E-state index in [0.717, 1.165) is 22.3 Å². The van der Waals surface area contributed by atoms with Gasteiger partial charge in [-0.1, -0.05) is 69.0 Å². The Morgan fingerprint density at radius 2 is 1.70 bits per heavy atom. The molecule has 1 saturated heterocycles. The molecule has 1 fully saturated rings. The normalized spacial score (nSPS) is 21.1. The van der Waals surface area contributed by atoms with Crippen LogP contribution in [0.5, 0.6) is 5.75 Å². The highest BCUT2D eigenvalue weighted by Crippen LogP contribution is 2.51. The minimum atomic E-state index is -0.823. The molecule has 2 aromatic rings. The lowest BCUT2D eigenvalue weighted by atomic mass is 9.74. The lowest BCUT2D eigenvalue weighted by molar-refractivity contribution is -0.271. The van der Waals surface area contributed by atoms with Crippen molar-refractivity contribution in [1.29, 1.82) is 0 Å². The summed E-state index contributed by atoms with van der Waals surface area (Å²) in [7, 11) is 1.33. The number of amides is 1. The zero-order chi connectivity index (χ0) is 31.5. The molecule has 0 spiro atoms. The molecule has 3 aliphatic rings. The van der Waals surface area contributed by atoms with E-state index in [1.165, 1.54) is 30.2 Å². The fourth-order valence-corrected chi connectivity index (χ4v) is 6.13. The quantitative estimate of drug-likeness (QED) is 0.0568. The first-order chi connectivity index (χ1) is 21.2. The van der Waals surface area contributed by atoms with Crippen molar-refractivity contribution in [3.8, 4) is 16.9 Å². The summed E-state index contributed by atoms with van der Waals surface area (Å²) in [6, 6.07) is 12.7. The summed E-state index contributed by atoms with van der Waals surface area (Å²) in [5, 5.41) is 0. The molecule has 0 saturated carbocycles. The molecule has 10 heteroatoms. The number of fused-ring (bicyclic) bond motifs is 4. The van der Waals surface area contributed by atoms with E-state index in [2.05, 4.69) is 13.2 Å². The van der Waals surface area contributed by atoms with Crippen molar-refractivity contribution in [2.45, 2.75) is 19.9 Å². The lowest BCUT2D eigenvalue weighted by Gasteiger charge is -2.47. The van der Waals surface area contributed by atoms with Crippen molar-refractivity contribution in [3.63, 3.8) is 0 Å². The standard InChI is InChI=1S/C34H33NO9/c1-6-15-41-34(39)31-25(19(3)30-28(32(37)35(30)31)20(4)33(38)44-43-16-7-2)18-42-26-14-10-13-23-24(17-27(36)40-5)21-11-8-9-12-22(21)29(23)26/h6-14,17,19-20,28,30H,1-2,15-16,18H2,3-5H3/b24-17+. The molecule has 10 nitrogen and oxygen atoms in total. The van der Waals surface area contributed by atoms with Crippen molar-refractivity contribution in [2.75, 3.05) is 26.9 Å². The van der Waals surface area contributed by atoms with Crippen molar-refractivity contribution < 1.29 is 43.2 Å². The van der Waals surface area contributed by atoms with E-state index in [0.29, 0.717) is 16.9 Å². The van der Waals surface area contributed by atoms with Crippen LogP contribution in [0.25, 0.3) is 16.7 Å². The average molecular weight is 600 g/mol. The van der Waals surface area contributed by atoms with Gasteiger partial charge in [0.2, 0.25) is 5.91 Å². The maximum absolute atomic E-state index is 13.4. The molecule has 0 bridgehead atoms.